The van der Waals surface area contributed by atoms with Crippen molar-refractivity contribution in [2.45, 2.75) is 91.0 Å². The van der Waals surface area contributed by atoms with Gasteiger partial charge in [0.2, 0.25) is 5.91 Å². The van der Waals surface area contributed by atoms with Crippen LogP contribution < -0.4 is 5.32 Å². The van der Waals surface area contributed by atoms with Crippen molar-refractivity contribution in [2.24, 2.45) is 34.5 Å². The second-order valence-corrected chi connectivity index (χ2v) is 10.0. The zero-order valence-corrected chi connectivity index (χ0v) is 16.5. The first-order valence-corrected chi connectivity index (χ1v) is 11.0. The molecule has 3 fully saturated rings. The van der Waals surface area contributed by atoms with Crippen LogP contribution in [0.4, 0.5) is 0 Å². The molecule has 140 valence electrons. The highest BCUT2D eigenvalue weighted by Gasteiger charge is 2.59. The summed E-state index contributed by atoms with van der Waals surface area (Å²) in [5.41, 5.74) is 0.790. The van der Waals surface area contributed by atoms with Crippen molar-refractivity contribution in [3.05, 3.63) is 12.2 Å². The Labute approximate surface area is 154 Å². The molecule has 0 bridgehead atoms. The van der Waals surface area contributed by atoms with Crippen LogP contribution >= 0.6 is 0 Å². The van der Waals surface area contributed by atoms with Gasteiger partial charge < -0.3 is 5.32 Å². The summed E-state index contributed by atoms with van der Waals surface area (Å²) in [7, 11) is 0. The van der Waals surface area contributed by atoms with Crippen LogP contribution in [0.5, 0.6) is 0 Å². The van der Waals surface area contributed by atoms with Crippen molar-refractivity contribution in [3.63, 3.8) is 0 Å². The second-order valence-electron chi connectivity index (χ2n) is 10.0. The van der Waals surface area contributed by atoms with Gasteiger partial charge in [0.05, 0.1) is 0 Å². The highest BCUT2D eigenvalue weighted by molar-refractivity contribution is 5.89. The van der Waals surface area contributed by atoms with E-state index in [-0.39, 0.29) is 11.3 Å². The van der Waals surface area contributed by atoms with E-state index in [4.69, 9.17) is 0 Å². The van der Waals surface area contributed by atoms with Gasteiger partial charge in [0.15, 0.2) is 0 Å². The quantitative estimate of drug-likeness (QED) is 0.673. The molecule has 4 aliphatic rings. The molecule has 0 aromatic rings. The van der Waals surface area contributed by atoms with Gasteiger partial charge in [-0.15, -0.1) is 0 Å². The summed E-state index contributed by atoms with van der Waals surface area (Å²) >= 11 is 0. The summed E-state index contributed by atoms with van der Waals surface area (Å²) in [4.78, 5) is 11.8. The maximum Gasteiger partial charge on any atom is 0.243 e. The Morgan fingerprint density at radius 1 is 1.08 bits per heavy atom. The van der Waals surface area contributed by atoms with Gasteiger partial charge >= 0.3 is 0 Å². The van der Waals surface area contributed by atoms with Crippen molar-refractivity contribution < 1.29 is 4.79 Å². The van der Waals surface area contributed by atoms with Crippen LogP contribution in [0.3, 0.4) is 0 Å². The maximum absolute atomic E-state index is 11.8. The first kappa shape index (κ1) is 17.6. The van der Waals surface area contributed by atoms with Crippen molar-refractivity contribution in [1.82, 2.24) is 5.32 Å². The molecule has 3 saturated carbocycles. The summed E-state index contributed by atoms with van der Waals surface area (Å²) in [6.45, 7) is 7.39. The number of amides is 1. The summed E-state index contributed by atoms with van der Waals surface area (Å²) in [5.74, 6) is 3.68. The van der Waals surface area contributed by atoms with E-state index in [1.54, 1.807) is 0 Å². The van der Waals surface area contributed by atoms with Crippen molar-refractivity contribution in [2.75, 3.05) is 0 Å². The van der Waals surface area contributed by atoms with Gasteiger partial charge in [0.1, 0.15) is 0 Å². The molecule has 7 atom stereocenters. The van der Waals surface area contributed by atoms with Crippen LogP contribution in [0.15, 0.2) is 12.2 Å². The van der Waals surface area contributed by atoms with Gasteiger partial charge in [-0.05, 0) is 80.1 Å². The molecule has 0 aromatic carbocycles. The highest BCUT2D eigenvalue weighted by Crippen LogP contribution is 2.65. The van der Waals surface area contributed by atoms with Crippen molar-refractivity contribution in [3.8, 4) is 0 Å². The van der Waals surface area contributed by atoms with E-state index in [0.717, 1.165) is 23.7 Å². The Morgan fingerprint density at radius 2 is 1.92 bits per heavy atom. The number of carbonyl (C=O) groups excluding carboxylic acids is 1. The normalized spacial score (nSPS) is 48.4. The first-order chi connectivity index (χ1) is 12.0. The van der Waals surface area contributed by atoms with E-state index in [0.29, 0.717) is 11.5 Å². The minimum Gasteiger partial charge on any atom is -0.349 e. The fourth-order valence-corrected chi connectivity index (χ4v) is 7.56. The molecule has 1 N–H and O–H groups in total. The van der Waals surface area contributed by atoms with Crippen LogP contribution in [0, 0.1) is 34.5 Å². The van der Waals surface area contributed by atoms with Crippen LogP contribution in [0.1, 0.15) is 85.0 Å². The smallest absolute Gasteiger partial charge is 0.243 e. The van der Waals surface area contributed by atoms with Crippen LogP contribution in [0.2, 0.25) is 0 Å². The zero-order valence-electron chi connectivity index (χ0n) is 16.5. The molecule has 4 rings (SSSR count). The van der Waals surface area contributed by atoms with Gasteiger partial charge in [0.25, 0.3) is 0 Å². The van der Waals surface area contributed by atoms with Gasteiger partial charge in [-0.2, -0.15) is 0 Å². The average molecular weight is 344 g/mol. The lowest BCUT2D eigenvalue weighted by molar-refractivity contribution is -0.122. The topological polar surface area (TPSA) is 29.1 Å². The van der Waals surface area contributed by atoms with Crippen molar-refractivity contribution in [1.29, 1.82) is 0 Å². The Morgan fingerprint density at radius 3 is 2.72 bits per heavy atom. The average Bonchev–Trinajstić information content (AvgIpc) is 2.92. The minimum absolute atomic E-state index is 0.124. The molecule has 0 aromatic heterocycles. The molecule has 0 radical (unpaired) electrons. The molecule has 1 heterocycles. The summed E-state index contributed by atoms with van der Waals surface area (Å²) < 4.78 is 0. The Balaban J connectivity index is 1.54. The van der Waals surface area contributed by atoms with Crippen LogP contribution in [0.25, 0.3) is 0 Å². The van der Waals surface area contributed by atoms with Crippen LogP contribution in [-0.2, 0) is 4.79 Å². The number of carbonyl (C=O) groups is 1. The third-order valence-electron chi connectivity index (χ3n) is 9.04. The molecule has 3 aliphatic carbocycles. The number of hydrogen-bond acceptors (Lipinski definition) is 1. The van der Waals surface area contributed by atoms with Crippen LogP contribution in [-0.4, -0.2) is 11.9 Å². The summed E-state index contributed by atoms with van der Waals surface area (Å²) in [6, 6.07) is 0.373. The van der Waals surface area contributed by atoms with Gasteiger partial charge in [-0.25, -0.2) is 0 Å². The van der Waals surface area contributed by atoms with Crippen molar-refractivity contribution >= 4 is 5.91 Å². The molecule has 0 spiro atoms. The fraction of sp³-hybridized carbons (Fsp3) is 0.870. The molecule has 0 saturated heterocycles. The fourth-order valence-electron chi connectivity index (χ4n) is 7.56. The minimum atomic E-state index is 0.124. The van der Waals surface area contributed by atoms with Gasteiger partial charge in [0, 0.05) is 11.5 Å². The van der Waals surface area contributed by atoms with E-state index in [1.165, 1.54) is 64.2 Å². The van der Waals surface area contributed by atoms with Gasteiger partial charge in [-0.1, -0.05) is 46.1 Å². The second kappa shape index (κ2) is 6.43. The molecular weight excluding hydrogens is 306 g/mol. The van der Waals surface area contributed by atoms with E-state index in [9.17, 15) is 4.79 Å². The highest BCUT2D eigenvalue weighted by atomic mass is 16.1. The standard InChI is InChI=1S/C23H37NO/c1-4-5-6-7-16-8-10-18-17-9-11-20-23(3,15-13-21(25)24-20)19(17)12-14-22(16,18)2/h13,15-20H,4-12,14H2,1-3H3,(H,24,25)/t16-,17-,18-,19-,20+,22+,23+/m0/s1. The molecule has 25 heavy (non-hydrogen) atoms. The third-order valence-corrected chi connectivity index (χ3v) is 9.04. The predicted molar refractivity (Wildman–Crippen MR) is 103 cm³/mol. The van der Waals surface area contributed by atoms with Gasteiger partial charge in [-0.3, -0.25) is 4.79 Å². The van der Waals surface area contributed by atoms with E-state index in [2.05, 4.69) is 32.2 Å². The zero-order chi connectivity index (χ0) is 17.7. The molecule has 2 heteroatoms. The largest absolute Gasteiger partial charge is 0.349 e. The van der Waals surface area contributed by atoms with E-state index >= 15 is 0 Å². The summed E-state index contributed by atoms with van der Waals surface area (Å²) in [6.07, 6.45) is 18.0. The predicted octanol–water partition coefficient (Wildman–Crippen LogP) is 5.48. The number of rotatable bonds is 4. The lowest BCUT2D eigenvalue weighted by Crippen LogP contribution is -2.59. The van der Waals surface area contributed by atoms with E-state index < -0.39 is 0 Å². The third kappa shape index (κ3) is 2.70. The Hall–Kier alpha value is -0.790. The molecular formula is C23H37NO. The number of nitrogens with one attached hydrogen (secondary N) is 1. The SMILES string of the molecule is CCCCC[C@H]1CC[C@H]2[C@@H]3CC[C@H]4NC(=O)C=C[C@]4(C)[C@H]3CC[C@]12C. The first-order valence-electron chi connectivity index (χ1n) is 11.0. The lowest BCUT2D eigenvalue weighted by Gasteiger charge is -2.59. The monoisotopic (exact) mass is 343 g/mol. The number of fused-ring (bicyclic) bond motifs is 5. The summed E-state index contributed by atoms with van der Waals surface area (Å²) in [5, 5.41) is 3.28. The molecule has 1 amide bonds. The number of hydrogen-bond donors (Lipinski definition) is 1. The molecule has 0 unspecified atom stereocenters. The van der Waals surface area contributed by atoms with E-state index in [1.807, 2.05) is 6.08 Å². The molecule has 2 nitrogen and oxygen atoms in total. The lowest BCUT2D eigenvalue weighted by atomic mass is 9.48. The Bertz CT molecular complexity index is 554. The Kier molecular flexibility index (Phi) is 4.53. The number of unbranched alkanes of at least 4 members (excludes halogenated alkanes) is 2. The molecule has 1 aliphatic heterocycles. The maximum atomic E-state index is 11.8.